The Morgan fingerprint density at radius 3 is 2.97 bits per heavy atom. The number of rotatable bonds is 5. The summed E-state index contributed by atoms with van der Waals surface area (Å²) in [5.41, 5.74) is 0.445. The average Bonchev–Trinajstić information content (AvgIpc) is 3.44. The van der Waals surface area contributed by atoms with Gasteiger partial charge in [-0.05, 0) is 12.3 Å². The van der Waals surface area contributed by atoms with Crippen LogP contribution >= 0.6 is 0 Å². The minimum Gasteiger partial charge on any atom is -0.360 e. The van der Waals surface area contributed by atoms with Crippen molar-refractivity contribution in [2.45, 2.75) is 57.9 Å². The molecule has 0 N–H and O–H groups in total. The molecule has 4 aliphatic heterocycles. The number of amides is 2. The lowest BCUT2D eigenvalue weighted by Gasteiger charge is -2.29. The van der Waals surface area contributed by atoms with Crippen LogP contribution in [-0.4, -0.2) is 62.5 Å². The van der Waals surface area contributed by atoms with E-state index in [1.165, 1.54) is 0 Å². The fourth-order valence-electron chi connectivity index (χ4n) is 5.66. The van der Waals surface area contributed by atoms with Gasteiger partial charge in [-0.25, -0.2) is 4.98 Å². The van der Waals surface area contributed by atoms with Gasteiger partial charge in [-0.3, -0.25) is 9.59 Å². The molecule has 1 spiro atoms. The molecule has 2 fully saturated rings. The lowest BCUT2D eigenvalue weighted by molar-refractivity contribution is -0.143. The Labute approximate surface area is 171 Å². The minimum absolute atomic E-state index is 0.0543. The number of hydrogen-bond acceptors (Lipinski definition) is 4. The van der Waals surface area contributed by atoms with Crippen molar-refractivity contribution in [2.75, 3.05) is 19.6 Å². The van der Waals surface area contributed by atoms with E-state index in [1.54, 1.807) is 0 Å². The zero-order valence-corrected chi connectivity index (χ0v) is 17.3. The third-order valence-corrected chi connectivity index (χ3v) is 7.39. The quantitative estimate of drug-likeness (QED) is 0.710. The molecule has 5 rings (SSSR count). The lowest BCUT2D eigenvalue weighted by Crippen LogP contribution is -2.46. The Balaban J connectivity index is 1.38. The summed E-state index contributed by atoms with van der Waals surface area (Å²) in [6.07, 6.45) is 10.5. The van der Waals surface area contributed by atoms with Crippen LogP contribution in [0.5, 0.6) is 0 Å². The summed E-state index contributed by atoms with van der Waals surface area (Å²) in [7, 11) is 0. The van der Waals surface area contributed by atoms with Crippen LogP contribution in [0.15, 0.2) is 24.7 Å². The molecule has 0 radical (unpaired) electrons. The highest BCUT2D eigenvalue weighted by Gasteiger charge is 2.67. The maximum absolute atomic E-state index is 13.6. The number of likely N-dealkylation sites (tertiary alicyclic amines) is 1. The molecule has 7 heteroatoms. The molecule has 29 heavy (non-hydrogen) atoms. The number of carbonyl (C=O) groups is 2. The van der Waals surface area contributed by atoms with E-state index >= 15 is 0 Å². The van der Waals surface area contributed by atoms with Crippen LogP contribution < -0.4 is 0 Å². The first kappa shape index (κ1) is 18.9. The van der Waals surface area contributed by atoms with Crippen molar-refractivity contribution in [2.24, 2.45) is 17.8 Å². The first-order chi connectivity index (χ1) is 14.1. The number of imidazole rings is 1. The second-order valence-corrected chi connectivity index (χ2v) is 8.99. The van der Waals surface area contributed by atoms with E-state index in [0.29, 0.717) is 25.6 Å². The molecule has 2 saturated heterocycles. The van der Waals surface area contributed by atoms with Gasteiger partial charge in [-0.1, -0.05) is 38.8 Å². The number of ether oxygens (including phenoxy) is 1. The van der Waals surface area contributed by atoms with Crippen LogP contribution in [0.2, 0.25) is 0 Å². The van der Waals surface area contributed by atoms with Gasteiger partial charge in [0.05, 0.1) is 43.1 Å². The molecule has 4 atom stereocenters. The van der Waals surface area contributed by atoms with E-state index in [1.807, 2.05) is 28.4 Å². The van der Waals surface area contributed by atoms with Gasteiger partial charge in [-0.2, -0.15) is 0 Å². The summed E-state index contributed by atoms with van der Waals surface area (Å²) in [6, 6.07) is 0. The van der Waals surface area contributed by atoms with Crippen molar-refractivity contribution in [3.05, 3.63) is 30.4 Å². The van der Waals surface area contributed by atoms with Gasteiger partial charge < -0.3 is 19.1 Å². The summed E-state index contributed by atoms with van der Waals surface area (Å²) >= 11 is 0. The molecule has 1 aromatic rings. The van der Waals surface area contributed by atoms with E-state index in [0.717, 1.165) is 38.0 Å². The van der Waals surface area contributed by atoms with Gasteiger partial charge in [0.2, 0.25) is 11.8 Å². The summed E-state index contributed by atoms with van der Waals surface area (Å²) in [5.74, 6) is -0.142. The molecule has 0 saturated carbocycles. The summed E-state index contributed by atoms with van der Waals surface area (Å²) in [5, 5.41) is 0. The topological polar surface area (TPSA) is 67.7 Å². The summed E-state index contributed by atoms with van der Waals surface area (Å²) in [6.45, 7) is 7.82. The highest BCUT2D eigenvalue weighted by atomic mass is 16.5. The second-order valence-electron chi connectivity index (χ2n) is 8.99. The number of aromatic nitrogens is 2. The number of aryl methyl sites for hydroxylation is 1. The Kier molecular flexibility index (Phi) is 4.53. The predicted molar refractivity (Wildman–Crippen MR) is 107 cm³/mol. The standard InChI is InChI=1S/C22H30N4O3/c1-3-15(4-2)11-26-13-22-7-6-17(29-22)18(19(22)21(26)28)20(27)24-8-5-9-25-14-23-10-16(25)12-24/h6-7,10,14-15,17-19H,3-5,8-9,11-13H2,1-2H3/t17-,18+,19-,22-/m0/s1. The van der Waals surface area contributed by atoms with Crippen molar-refractivity contribution in [1.82, 2.24) is 19.4 Å². The van der Waals surface area contributed by atoms with Gasteiger partial charge in [-0.15, -0.1) is 0 Å². The molecule has 7 nitrogen and oxygen atoms in total. The molecule has 0 aliphatic carbocycles. The molecule has 1 aromatic heterocycles. The van der Waals surface area contributed by atoms with E-state index in [9.17, 15) is 9.59 Å². The van der Waals surface area contributed by atoms with Crippen molar-refractivity contribution in [1.29, 1.82) is 0 Å². The molecular weight excluding hydrogens is 368 g/mol. The monoisotopic (exact) mass is 398 g/mol. The van der Waals surface area contributed by atoms with Gasteiger partial charge >= 0.3 is 0 Å². The third kappa shape index (κ3) is 2.85. The molecule has 2 bridgehead atoms. The van der Waals surface area contributed by atoms with Gasteiger partial charge in [0.15, 0.2) is 0 Å². The van der Waals surface area contributed by atoms with Crippen LogP contribution in [-0.2, 0) is 27.4 Å². The SMILES string of the molecule is CCC(CC)CN1C[C@]23C=C[C@H](O2)[C@@H](C(=O)N2CCCn4cncc4C2)[C@H]3C1=O. The number of hydrogen-bond donors (Lipinski definition) is 0. The molecule has 2 amide bonds. The van der Waals surface area contributed by atoms with Gasteiger partial charge in [0.1, 0.15) is 5.60 Å². The first-order valence-corrected chi connectivity index (χ1v) is 11.0. The Morgan fingerprint density at radius 1 is 1.34 bits per heavy atom. The predicted octanol–water partition coefficient (Wildman–Crippen LogP) is 1.83. The largest absolute Gasteiger partial charge is 0.360 e. The van der Waals surface area contributed by atoms with Gasteiger partial charge in [0, 0.05) is 25.8 Å². The average molecular weight is 399 g/mol. The van der Waals surface area contributed by atoms with E-state index in [2.05, 4.69) is 29.5 Å². The molecular formula is C22H30N4O3. The van der Waals surface area contributed by atoms with Crippen LogP contribution in [0, 0.1) is 17.8 Å². The second kappa shape index (κ2) is 6.97. The molecule has 0 aromatic carbocycles. The van der Waals surface area contributed by atoms with E-state index in [4.69, 9.17) is 4.74 Å². The van der Waals surface area contributed by atoms with E-state index < -0.39 is 11.5 Å². The molecule has 156 valence electrons. The van der Waals surface area contributed by atoms with Crippen molar-refractivity contribution in [3.63, 3.8) is 0 Å². The van der Waals surface area contributed by atoms with Crippen LogP contribution in [0.25, 0.3) is 0 Å². The summed E-state index contributed by atoms with van der Waals surface area (Å²) < 4.78 is 8.42. The maximum Gasteiger partial charge on any atom is 0.230 e. The van der Waals surface area contributed by atoms with Crippen molar-refractivity contribution < 1.29 is 14.3 Å². The smallest absolute Gasteiger partial charge is 0.230 e. The summed E-state index contributed by atoms with van der Waals surface area (Å²) in [4.78, 5) is 35.1. The first-order valence-electron chi connectivity index (χ1n) is 11.0. The van der Waals surface area contributed by atoms with Gasteiger partial charge in [0.25, 0.3) is 0 Å². The number of fused-ring (bicyclic) bond motifs is 2. The Bertz CT molecular complexity index is 845. The fourth-order valence-corrected chi connectivity index (χ4v) is 5.66. The number of carbonyl (C=O) groups excluding carboxylic acids is 2. The Morgan fingerprint density at radius 2 is 2.17 bits per heavy atom. The van der Waals surface area contributed by atoms with Crippen molar-refractivity contribution >= 4 is 11.8 Å². The molecule has 5 heterocycles. The highest BCUT2D eigenvalue weighted by molar-refractivity contribution is 5.93. The minimum atomic E-state index is -0.609. The fraction of sp³-hybridized carbons (Fsp3) is 0.682. The zero-order chi connectivity index (χ0) is 20.2. The molecule has 4 aliphatic rings. The highest BCUT2D eigenvalue weighted by Crippen LogP contribution is 2.52. The van der Waals surface area contributed by atoms with Crippen molar-refractivity contribution in [3.8, 4) is 0 Å². The lowest BCUT2D eigenvalue weighted by atomic mass is 9.76. The normalized spacial score (nSPS) is 32.8. The number of nitrogens with zero attached hydrogens (tertiary/aromatic N) is 4. The van der Waals surface area contributed by atoms with Crippen LogP contribution in [0.4, 0.5) is 0 Å². The third-order valence-electron chi connectivity index (χ3n) is 7.39. The maximum atomic E-state index is 13.6. The van der Waals surface area contributed by atoms with Crippen LogP contribution in [0.1, 0.15) is 38.8 Å². The van der Waals surface area contributed by atoms with E-state index in [-0.39, 0.29) is 23.8 Å². The molecule has 0 unspecified atom stereocenters. The van der Waals surface area contributed by atoms with Crippen LogP contribution in [0.3, 0.4) is 0 Å². The zero-order valence-electron chi connectivity index (χ0n) is 17.3. The Hall–Kier alpha value is -2.15.